The number of aliphatic carboxylic acids is 1. The van der Waals surface area contributed by atoms with Crippen LogP contribution in [0.15, 0.2) is 0 Å². The van der Waals surface area contributed by atoms with Crippen LogP contribution >= 0.6 is 0 Å². The first-order valence-electron chi connectivity index (χ1n) is 13.0. The van der Waals surface area contributed by atoms with E-state index in [1.54, 1.807) is 0 Å². The topological polar surface area (TPSA) is 127 Å². The van der Waals surface area contributed by atoms with E-state index in [1.165, 1.54) is 0 Å². The van der Waals surface area contributed by atoms with E-state index >= 15 is 0 Å². The van der Waals surface area contributed by atoms with Gasteiger partial charge in [0.2, 0.25) is 5.91 Å². The second-order valence-electron chi connectivity index (χ2n) is 12.3. The molecule has 0 aromatic heterocycles. The molecule has 0 aromatic carbocycles. The van der Waals surface area contributed by atoms with Crippen molar-refractivity contribution in [3.05, 3.63) is 0 Å². The van der Waals surface area contributed by atoms with Crippen molar-refractivity contribution in [2.75, 3.05) is 6.54 Å². The van der Waals surface area contributed by atoms with Crippen LogP contribution in [0.25, 0.3) is 0 Å². The van der Waals surface area contributed by atoms with Gasteiger partial charge in [0, 0.05) is 11.8 Å². The van der Waals surface area contributed by atoms with Gasteiger partial charge in [0.1, 0.15) is 6.54 Å². The Labute approximate surface area is 197 Å². The highest BCUT2D eigenvalue weighted by molar-refractivity contribution is 5.81. The summed E-state index contributed by atoms with van der Waals surface area (Å²) in [5.41, 5.74) is -1.21. The number of hydrogen-bond donors (Lipinski definition) is 5. The van der Waals surface area contributed by atoms with Gasteiger partial charge in [0.15, 0.2) is 0 Å². The van der Waals surface area contributed by atoms with Crippen molar-refractivity contribution in [1.82, 2.24) is 5.32 Å². The number of carbonyl (C=O) groups is 2. The Morgan fingerprint density at radius 2 is 1.76 bits per heavy atom. The van der Waals surface area contributed by atoms with Gasteiger partial charge >= 0.3 is 5.97 Å². The summed E-state index contributed by atoms with van der Waals surface area (Å²) in [6, 6.07) is 0. The van der Waals surface area contributed by atoms with E-state index in [-0.39, 0.29) is 59.5 Å². The lowest BCUT2D eigenvalue weighted by Gasteiger charge is -2.65. The standard InChI is InChI=1S/C26H43NO6/c1-15(4-7-22(30)27-14-23(31)32)18-5-6-19-25(18,3)21(29)13-20-24(2)10-9-17(28)12-16(24)8-11-26(19,20)33/h15-21,28-29,33H,4-14H2,1-3H3,(H,27,30)(H,31,32)/t15-,16+,17-,18-,19-,20+,21+,24+,25-,26+/m1/s1. The smallest absolute Gasteiger partial charge is 0.322 e. The number of carbonyl (C=O) groups excluding carboxylic acids is 1. The lowest BCUT2D eigenvalue weighted by molar-refractivity contribution is -0.254. The molecule has 4 aliphatic carbocycles. The fourth-order valence-corrected chi connectivity index (χ4v) is 9.04. The van der Waals surface area contributed by atoms with Crippen molar-refractivity contribution in [2.24, 2.45) is 40.4 Å². The number of carboxylic acid groups (broad SMARTS) is 1. The summed E-state index contributed by atoms with van der Waals surface area (Å²) >= 11 is 0. The van der Waals surface area contributed by atoms with Crippen molar-refractivity contribution in [3.8, 4) is 0 Å². The van der Waals surface area contributed by atoms with Gasteiger partial charge in [-0.1, -0.05) is 20.8 Å². The summed E-state index contributed by atoms with van der Waals surface area (Å²) < 4.78 is 0. The maximum absolute atomic E-state index is 12.3. The molecule has 10 atom stereocenters. The van der Waals surface area contributed by atoms with Crippen LogP contribution in [0.3, 0.4) is 0 Å². The molecule has 7 heteroatoms. The van der Waals surface area contributed by atoms with Crippen molar-refractivity contribution >= 4 is 11.9 Å². The third-order valence-corrected chi connectivity index (χ3v) is 10.8. The van der Waals surface area contributed by atoms with Gasteiger partial charge in [-0.15, -0.1) is 0 Å². The Kier molecular flexibility index (Phi) is 6.64. The molecule has 4 fully saturated rings. The van der Waals surface area contributed by atoms with Crippen molar-refractivity contribution < 1.29 is 30.0 Å². The number of fused-ring (bicyclic) bond motifs is 5. The van der Waals surface area contributed by atoms with Gasteiger partial charge in [-0.05, 0) is 92.8 Å². The van der Waals surface area contributed by atoms with Crippen LogP contribution in [-0.4, -0.2) is 56.7 Å². The number of hydrogen-bond acceptors (Lipinski definition) is 5. The predicted octanol–water partition coefficient (Wildman–Crippen LogP) is 2.71. The lowest BCUT2D eigenvalue weighted by atomic mass is 9.42. The monoisotopic (exact) mass is 465 g/mol. The molecule has 33 heavy (non-hydrogen) atoms. The molecule has 5 N–H and O–H groups in total. The third kappa shape index (κ3) is 4.02. The molecule has 0 aliphatic heterocycles. The van der Waals surface area contributed by atoms with Crippen LogP contribution in [0.2, 0.25) is 0 Å². The molecule has 4 saturated carbocycles. The summed E-state index contributed by atoms with van der Waals surface area (Å²) in [6.07, 6.45) is 6.80. The third-order valence-electron chi connectivity index (χ3n) is 10.8. The SMILES string of the molecule is C[C@H](CCC(=O)NCC(=O)O)[C@H]1CC[C@H]2[C@@]3(O)CC[C@H]4C[C@H](O)CC[C@]4(C)[C@@H]3C[C@H](O)[C@]12C. The van der Waals surface area contributed by atoms with Gasteiger partial charge in [-0.3, -0.25) is 9.59 Å². The second kappa shape index (κ2) is 8.80. The van der Waals surface area contributed by atoms with E-state index in [4.69, 9.17) is 5.11 Å². The summed E-state index contributed by atoms with van der Waals surface area (Å²) in [5.74, 6) is -0.389. The molecule has 0 spiro atoms. The number of carboxylic acids is 1. The zero-order valence-corrected chi connectivity index (χ0v) is 20.4. The minimum Gasteiger partial charge on any atom is -0.480 e. The van der Waals surface area contributed by atoms with E-state index in [2.05, 4.69) is 26.1 Å². The maximum atomic E-state index is 12.3. The molecular weight excluding hydrogens is 422 g/mol. The highest BCUT2D eigenvalue weighted by atomic mass is 16.4. The molecule has 0 saturated heterocycles. The normalized spacial score (nSPS) is 47.7. The van der Waals surface area contributed by atoms with Gasteiger partial charge in [-0.2, -0.15) is 0 Å². The zero-order chi connectivity index (χ0) is 24.2. The fraction of sp³-hybridized carbons (Fsp3) is 0.923. The summed E-state index contributed by atoms with van der Waals surface area (Å²) in [5, 5.41) is 45.3. The number of aliphatic hydroxyl groups excluding tert-OH is 2. The maximum Gasteiger partial charge on any atom is 0.322 e. The lowest BCUT2D eigenvalue weighted by Crippen LogP contribution is -2.67. The highest BCUT2D eigenvalue weighted by Gasteiger charge is 2.69. The number of aliphatic hydroxyl groups is 3. The number of amides is 1. The minimum atomic E-state index is -1.05. The molecule has 1 amide bonds. The van der Waals surface area contributed by atoms with Crippen LogP contribution in [0, 0.1) is 40.4 Å². The largest absolute Gasteiger partial charge is 0.480 e. The van der Waals surface area contributed by atoms with Crippen LogP contribution in [0.4, 0.5) is 0 Å². The zero-order valence-electron chi connectivity index (χ0n) is 20.4. The Balaban J connectivity index is 1.50. The first-order valence-corrected chi connectivity index (χ1v) is 13.0. The molecule has 188 valence electrons. The van der Waals surface area contributed by atoms with E-state index in [9.17, 15) is 24.9 Å². The van der Waals surface area contributed by atoms with E-state index < -0.39 is 17.7 Å². The molecule has 0 radical (unpaired) electrons. The van der Waals surface area contributed by atoms with Crippen molar-refractivity contribution in [2.45, 2.75) is 103 Å². The Morgan fingerprint density at radius 3 is 2.45 bits per heavy atom. The van der Waals surface area contributed by atoms with Gasteiger partial charge < -0.3 is 25.7 Å². The Morgan fingerprint density at radius 1 is 1.03 bits per heavy atom. The quantitative estimate of drug-likeness (QED) is 0.410. The van der Waals surface area contributed by atoms with E-state index in [0.717, 1.165) is 44.9 Å². The predicted molar refractivity (Wildman–Crippen MR) is 123 cm³/mol. The van der Waals surface area contributed by atoms with Crippen molar-refractivity contribution in [1.29, 1.82) is 0 Å². The first-order chi connectivity index (χ1) is 15.4. The van der Waals surface area contributed by atoms with Crippen LogP contribution in [-0.2, 0) is 9.59 Å². The summed E-state index contributed by atoms with van der Waals surface area (Å²) in [4.78, 5) is 22.7. The van der Waals surface area contributed by atoms with Crippen LogP contribution in [0.1, 0.15) is 85.0 Å². The first kappa shape index (κ1) is 24.9. The average Bonchev–Trinajstić information content (AvgIpc) is 3.13. The molecule has 0 aromatic rings. The molecule has 7 nitrogen and oxygen atoms in total. The molecule has 4 aliphatic rings. The molecule has 0 bridgehead atoms. The number of nitrogens with one attached hydrogen (secondary N) is 1. The molecular formula is C26H43NO6. The molecule has 0 unspecified atom stereocenters. The van der Waals surface area contributed by atoms with E-state index in [1.807, 2.05) is 0 Å². The molecule has 4 rings (SSSR count). The number of rotatable bonds is 6. The molecule has 0 heterocycles. The van der Waals surface area contributed by atoms with Gasteiger partial charge in [-0.25, -0.2) is 0 Å². The van der Waals surface area contributed by atoms with Gasteiger partial charge in [0.25, 0.3) is 0 Å². The Bertz CT molecular complexity index is 774. The second-order valence-corrected chi connectivity index (χ2v) is 12.3. The van der Waals surface area contributed by atoms with E-state index in [0.29, 0.717) is 18.8 Å². The van der Waals surface area contributed by atoms with Gasteiger partial charge in [0.05, 0.1) is 17.8 Å². The average molecular weight is 466 g/mol. The summed E-state index contributed by atoms with van der Waals surface area (Å²) in [6.45, 7) is 6.22. The van der Waals surface area contributed by atoms with Crippen LogP contribution < -0.4 is 5.32 Å². The highest BCUT2D eigenvalue weighted by Crippen LogP contribution is 2.69. The fourth-order valence-electron chi connectivity index (χ4n) is 9.04. The minimum absolute atomic E-state index is 0.0386. The Hall–Kier alpha value is -1.18. The van der Waals surface area contributed by atoms with Crippen LogP contribution in [0.5, 0.6) is 0 Å². The van der Waals surface area contributed by atoms with Crippen molar-refractivity contribution in [3.63, 3.8) is 0 Å². The summed E-state index contributed by atoms with van der Waals surface area (Å²) in [7, 11) is 0.